The molecule has 0 aliphatic carbocycles. The molecule has 0 saturated carbocycles. The van der Waals surface area contributed by atoms with Crippen molar-refractivity contribution in [1.82, 2.24) is 0 Å². The molecule has 0 fully saturated rings. The highest BCUT2D eigenvalue weighted by Crippen LogP contribution is 2.36. The summed E-state index contributed by atoms with van der Waals surface area (Å²) in [6.45, 7) is 3.31. The standard InChI is InChI=1S/C43H69O9P/c1-3-5-7-9-11-13-15-17-19-21-22-24-26-28-30-32-34-40(44)36-37-43(46)52-41(39-51-53(47,48)49)38-50-42(45)35-33-31-29-27-25-23-20-18-16-14-12-10-8-6-4-2/h5,7,11-14,17-20,22,24,28,30,32,34,40-41,44H,3-4,6,8-10,15-16,21,23,25-27,29,31,33,35-39H2,1-2H3,(H2,47,48,49)/b7-5-,13-11-,14-12-,19-17-,20-18-,24-22-,30-28-,34-32-/t40?,41-/m1/s1. The normalized spacial score (nSPS) is 14.1. The molecule has 0 amide bonds. The van der Waals surface area contributed by atoms with Crippen LogP contribution in [-0.2, 0) is 28.2 Å². The summed E-state index contributed by atoms with van der Waals surface area (Å²) in [5.41, 5.74) is 0. The number of allylic oxidation sites excluding steroid dienone is 15. The fourth-order valence-electron chi connectivity index (χ4n) is 4.75. The topological polar surface area (TPSA) is 140 Å². The van der Waals surface area contributed by atoms with Crippen molar-refractivity contribution in [3.63, 3.8) is 0 Å². The molecule has 0 spiro atoms. The van der Waals surface area contributed by atoms with Crippen molar-refractivity contribution in [2.24, 2.45) is 0 Å². The first-order valence-electron chi connectivity index (χ1n) is 19.6. The van der Waals surface area contributed by atoms with E-state index < -0.39 is 45.2 Å². The Bertz CT molecular complexity index is 1190. The smallest absolute Gasteiger partial charge is 0.462 e. The molecule has 0 saturated heterocycles. The van der Waals surface area contributed by atoms with Gasteiger partial charge in [0.1, 0.15) is 6.61 Å². The van der Waals surface area contributed by atoms with Gasteiger partial charge in [0.2, 0.25) is 0 Å². The van der Waals surface area contributed by atoms with Crippen LogP contribution >= 0.6 is 7.82 Å². The zero-order chi connectivity index (χ0) is 39.1. The minimum absolute atomic E-state index is 0.0821. The molecule has 0 aromatic rings. The van der Waals surface area contributed by atoms with Crippen LogP contribution in [0.5, 0.6) is 0 Å². The summed E-state index contributed by atoms with van der Waals surface area (Å²) in [5.74, 6) is -1.19. The molecule has 0 aromatic carbocycles. The van der Waals surface area contributed by atoms with Gasteiger partial charge < -0.3 is 24.4 Å². The number of phosphoric ester groups is 1. The molecule has 0 bridgehead atoms. The van der Waals surface area contributed by atoms with E-state index in [1.54, 1.807) is 12.2 Å². The lowest BCUT2D eigenvalue weighted by atomic mass is 10.1. The number of aliphatic hydroxyl groups excluding tert-OH is 1. The lowest BCUT2D eigenvalue weighted by Gasteiger charge is -2.18. The molecule has 0 aliphatic heterocycles. The average molecular weight is 761 g/mol. The second kappa shape index (κ2) is 37.3. The third kappa shape index (κ3) is 40.0. The van der Waals surface area contributed by atoms with Crippen molar-refractivity contribution in [2.45, 2.75) is 148 Å². The molecule has 53 heavy (non-hydrogen) atoms. The Kier molecular flexibility index (Phi) is 35.1. The number of rotatable bonds is 34. The summed E-state index contributed by atoms with van der Waals surface area (Å²) >= 11 is 0. The zero-order valence-electron chi connectivity index (χ0n) is 32.5. The van der Waals surface area contributed by atoms with Gasteiger partial charge in [0.25, 0.3) is 0 Å². The van der Waals surface area contributed by atoms with Crippen molar-refractivity contribution in [3.05, 3.63) is 97.2 Å². The van der Waals surface area contributed by atoms with E-state index >= 15 is 0 Å². The summed E-state index contributed by atoms with van der Waals surface area (Å²) in [6, 6.07) is 0. The number of hydrogen-bond donors (Lipinski definition) is 3. The van der Waals surface area contributed by atoms with Crippen LogP contribution in [0.4, 0.5) is 0 Å². The van der Waals surface area contributed by atoms with E-state index in [1.165, 1.54) is 19.3 Å². The molecule has 300 valence electrons. The maximum absolute atomic E-state index is 12.4. The van der Waals surface area contributed by atoms with E-state index in [1.807, 2.05) is 12.2 Å². The summed E-state index contributed by atoms with van der Waals surface area (Å²) in [5, 5.41) is 10.2. The number of unbranched alkanes of at least 4 members (excludes halogenated alkanes) is 8. The number of esters is 2. The van der Waals surface area contributed by atoms with Gasteiger partial charge in [-0.2, -0.15) is 0 Å². The van der Waals surface area contributed by atoms with Crippen molar-refractivity contribution in [2.75, 3.05) is 13.2 Å². The Hall–Kier alpha value is -3.07. The SMILES string of the molecule is CC/C=C\C/C=C\C/C=C\C/C=C\C/C=C\C=C/C(O)CCC(=O)O[C@H](COC(=O)CCCCCCC/C=C\C/C=C\CCCCC)COP(=O)(O)O. The monoisotopic (exact) mass is 760 g/mol. The van der Waals surface area contributed by atoms with Gasteiger partial charge in [-0.05, 0) is 77.0 Å². The minimum atomic E-state index is -4.83. The van der Waals surface area contributed by atoms with E-state index in [9.17, 15) is 19.3 Å². The van der Waals surface area contributed by atoms with Gasteiger partial charge in [-0.25, -0.2) is 4.57 Å². The fourth-order valence-corrected chi connectivity index (χ4v) is 5.11. The van der Waals surface area contributed by atoms with Crippen molar-refractivity contribution in [3.8, 4) is 0 Å². The number of ether oxygens (including phenoxy) is 2. The molecule has 9 nitrogen and oxygen atoms in total. The highest BCUT2D eigenvalue weighted by atomic mass is 31.2. The maximum Gasteiger partial charge on any atom is 0.469 e. The van der Waals surface area contributed by atoms with Crippen LogP contribution in [0.2, 0.25) is 0 Å². The molecule has 10 heteroatoms. The van der Waals surface area contributed by atoms with Crippen LogP contribution in [0.15, 0.2) is 97.2 Å². The van der Waals surface area contributed by atoms with Crippen molar-refractivity contribution >= 4 is 19.8 Å². The Morgan fingerprint density at radius 1 is 0.604 bits per heavy atom. The van der Waals surface area contributed by atoms with E-state index in [2.05, 4.69) is 91.3 Å². The highest BCUT2D eigenvalue weighted by molar-refractivity contribution is 7.46. The first-order chi connectivity index (χ1) is 25.7. The summed E-state index contributed by atoms with van der Waals surface area (Å²) in [6.07, 6.45) is 47.4. The summed E-state index contributed by atoms with van der Waals surface area (Å²) < 4.78 is 26.1. The van der Waals surface area contributed by atoms with Gasteiger partial charge in [-0.3, -0.25) is 14.1 Å². The second-order valence-corrected chi connectivity index (χ2v) is 14.0. The number of aliphatic hydroxyl groups is 1. The van der Waals surface area contributed by atoms with Gasteiger partial charge >= 0.3 is 19.8 Å². The van der Waals surface area contributed by atoms with Crippen LogP contribution < -0.4 is 0 Å². The highest BCUT2D eigenvalue weighted by Gasteiger charge is 2.23. The van der Waals surface area contributed by atoms with Gasteiger partial charge in [-0.1, -0.05) is 143 Å². The Labute approximate surface area is 320 Å². The van der Waals surface area contributed by atoms with Crippen molar-refractivity contribution < 1.29 is 43.0 Å². The van der Waals surface area contributed by atoms with Gasteiger partial charge in [0.05, 0.1) is 12.7 Å². The number of hydrogen-bond acceptors (Lipinski definition) is 7. The molecular formula is C43H69O9P. The predicted octanol–water partition coefficient (Wildman–Crippen LogP) is 10.8. The largest absolute Gasteiger partial charge is 0.469 e. The minimum Gasteiger partial charge on any atom is -0.462 e. The van der Waals surface area contributed by atoms with E-state index in [0.29, 0.717) is 6.42 Å². The molecule has 3 N–H and O–H groups in total. The van der Waals surface area contributed by atoms with Crippen LogP contribution in [0.3, 0.4) is 0 Å². The fraction of sp³-hybridized carbons (Fsp3) is 0.581. The number of carbonyl (C=O) groups excluding carboxylic acids is 2. The van der Waals surface area contributed by atoms with Crippen LogP contribution in [-0.4, -0.2) is 52.3 Å². The molecular weight excluding hydrogens is 691 g/mol. The molecule has 0 aromatic heterocycles. The number of phosphoric acid groups is 1. The summed E-state index contributed by atoms with van der Waals surface area (Å²) in [4.78, 5) is 42.8. The Balaban J connectivity index is 4.26. The van der Waals surface area contributed by atoms with E-state index in [4.69, 9.17) is 19.3 Å². The molecule has 2 atom stereocenters. The Morgan fingerprint density at radius 2 is 1.13 bits per heavy atom. The molecule has 0 radical (unpaired) electrons. The average Bonchev–Trinajstić information content (AvgIpc) is 3.12. The molecule has 0 rings (SSSR count). The van der Waals surface area contributed by atoms with Gasteiger partial charge in [0.15, 0.2) is 6.10 Å². The van der Waals surface area contributed by atoms with Gasteiger partial charge in [-0.15, -0.1) is 0 Å². The van der Waals surface area contributed by atoms with Crippen LogP contribution in [0.1, 0.15) is 136 Å². The first kappa shape index (κ1) is 49.9. The van der Waals surface area contributed by atoms with Crippen molar-refractivity contribution in [1.29, 1.82) is 0 Å². The molecule has 1 unspecified atom stereocenters. The molecule has 0 heterocycles. The lowest BCUT2D eigenvalue weighted by molar-refractivity contribution is -0.161. The summed E-state index contributed by atoms with van der Waals surface area (Å²) in [7, 11) is -4.83. The van der Waals surface area contributed by atoms with E-state index in [-0.39, 0.29) is 19.3 Å². The quantitative estimate of drug-likeness (QED) is 0.0192. The first-order valence-corrected chi connectivity index (χ1v) is 21.2. The Morgan fingerprint density at radius 3 is 1.72 bits per heavy atom. The lowest BCUT2D eigenvalue weighted by Crippen LogP contribution is -2.29. The predicted molar refractivity (Wildman–Crippen MR) is 217 cm³/mol. The van der Waals surface area contributed by atoms with Crippen LogP contribution in [0.25, 0.3) is 0 Å². The molecule has 0 aliphatic rings. The third-order valence-corrected chi connectivity index (χ3v) is 8.19. The van der Waals surface area contributed by atoms with Gasteiger partial charge in [0, 0.05) is 12.8 Å². The van der Waals surface area contributed by atoms with E-state index in [0.717, 1.165) is 77.0 Å². The second-order valence-electron chi connectivity index (χ2n) is 12.7. The third-order valence-electron chi connectivity index (χ3n) is 7.70. The van der Waals surface area contributed by atoms with Crippen LogP contribution in [0, 0.1) is 0 Å². The zero-order valence-corrected chi connectivity index (χ0v) is 33.4. The maximum atomic E-state index is 12.4. The number of carbonyl (C=O) groups is 2.